The van der Waals surface area contributed by atoms with Crippen LogP contribution < -0.4 is 0 Å². The van der Waals surface area contributed by atoms with E-state index < -0.39 is 11.2 Å². The third-order valence-corrected chi connectivity index (χ3v) is 0.822. The smallest absolute Gasteiger partial charge is 0.320 e. The van der Waals surface area contributed by atoms with Crippen LogP contribution >= 0.6 is 12.6 Å². The summed E-state index contributed by atoms with van der Waals surface area (Å²) in [5.41, 5.74) is 0. The first-order valence-corrected chi connectivity index (χ1v) is 2.91. The Morgan fingerprint density at radius 1 is 2.00 bits per heavy atom. The molecule has 0 rings (SSSR count). The van der Waals surface area contributed by atoms with Crippen LogP contribution in [0.25, 0.3) is 0 Å². The predicted molar refractivity (Wildman–Crippen MR) is 36.8 cm³/mol. The van der Waals surface area contributed by atoms with Crippen LogP contribution in [0.2, 0.25) is 0 Å². The summed E-state index contributed by atoms with van der Waals surface area (Å²) in [6.45, 7) is 1.59. The minimum atomic E-state index is -0.502. The first kappa shape index (κ1) is 8.38. The maximum Gasteiger partial charge on any atom is 0.320 e. The lowest BCUT2D eigenvalue weighted by Gasteiger charge is -2.00. The quantitative estimate of drug-likeness (QED) is 0.421. The van der Waals surface area contributed by atoms with Gasteiger partial charge in [-0.25, -0.2) is 0 Å². The SMILES string of the molecule is C#CCOC(=O)C(C)[S]. The molecule has 0 aliphatic heterocycles. The molecule has 0 N–H and O–H groups in total. The second-order valence-electron chi connectivity index (χ2n) is 1.45. The average molecular weight is 143 g/mol. The summed E-state index contributed by atoms with van der Waals surface area (Å²) in [6, 6.07) is 0. The molecule has 1 unspecified atom stereocenters. The number of carbonyl (C=O) groups is 1. The predicted octanol–water partition coefficient (Wildman–Crippen LogP) is 0.749. The van der Waals surface area contributed by atoms with Crippen molar-refractivity contribution >= 4 is 18.6 Å². The topological polar surface area (TPSA) is 26.3 Å². The standard InChI is InChI=1S/C6H7O2S/c1-3-4-8-6(7)5(2)9/h1,5H,4H2,2H3. The van der Waals surface area contributed by atoms with E-state index in [0.717, 1.165) is 0 Å². The molecule has 0 heterocycles. The molecule has 0 aliphatic rings. The number of hydrogen-bond donors (Lipinski definition) is 0. The molecule has 1 radical (unpaired) electrons. The van der Waals surface area contributed by atoms with E-state index in [1.807, 2.05) is 0 Å². The van der Waals surface area contributed by atoms with Gasteiger partial charge in [-0.1, -0.05) is 18.5 Å². The molecule has 1 atom stereocenters. The minimum absolute atomic E-state index is 0.0137. The molecule has 0 amide bonds. The molecule has 0 aromatic carbocycles. The van der Waals surface area contributed by atoms with Crippen molar-refractivity contribution in [2.75, 3.05) is 6.61 Å². The maximum absolute atomic E-state index is 10.5. The summed E-state index contributed by atoms with van der Waals surface area (Å²) in [5, 5.41) is -0.502. The van der Waals surface area contributed by atoms with Gasteiger partial charge in [-0.2, -0.15) is 0 Å². The van der Waals surface area contributed by atoms with Gasteiger partial charge in [0.25, 0.3) is 0 Å². The number of ether oxygens (including phenoxy) is 1. The fourth-order valence-corrected chi connectivity index (χ4v) is 0.298. The highest BCUT2D eigenvalue weighted by Crippen LogP contribution is 1.94. The Morgan fingerprint density at radius 2 is 2.56 bits per heavy atom. The highest BCUT2D eigenvalue weighted by molar-refractivity contribution is 7.81. The Balaban J connectivity index is 3.42. The molecule has 2 nitrogen and oxygen atoms in total. The van der Waals surface area contributed by atoms with Crippen LogP contribution in [0.1, 0.15) is 6.92 Å². The lowest BCUT2D eigenvalue weighted by atomic mass is 10.5. The van der Waals surface area contributed by atoms with Crippen molar-refractivity contribution in [1.82, 2.24) is 0 Å². The lowest BCUT2D eigenvalue weighted by molar-refractivity contribution is -0.141. The lowest BCUT2D eigenvalue weighted by Crippen LogP contribution is -2.14. The molecule has 3 heteroatoms. The Kier molecular flexibility index (Phi) is 3.98. The van der Waals surface area contributed by atoms with Crippen LogP contribution in [0.3, 0.4) is 0 Å². The third kappa shape index (κ3) is 3.92. The molecule has 0 saturated heterocycles. The molecule has 0 aromatic rings. The van der Waals surface area contributed by atoms with Crippen molar-refractivity contribution < 1.29 is 9.53 Å². The summed E-state index contributed by atoms with van der Waals surface area (Å²) >= 11 is 4.57. The van der Waals surface area contributed by atoms with Crippen molar-refractivity contribution in [2.45, 2.75) is 12.2 Å². The van der Waals surface area contributed by atoms with Gasteiger partial charge in [-0.15, -0.1) is 6.42 Å². The summed E-state index contributed by atoms with van der Waals surface area (Å²) in [6.07, 6.45) is 4.82. The zero-order valence-electron chi connectivity index (χ0n) is 5.09. The Hall–Kier alpha value is -0.620. The molecule has 0 bridgehead atoms. The number of hydrogen-bond acceptors (Lipinski definition) is 2. The van der Waals surface area contributed by atoms with Gasteiger partial charge < -0.3 is 4.74 Å². The van der Waals surface area contributed by atoms with Gasteiger partial charge in [0.2, 0.25) is 0 Å². The van der Waals surface area contributed by atoms with E-state index in [2.05, 4.69) is 23.3 Å². The minimum Gasteiger partial charge on any atom is -0.452 e. The van der Waals surface area contributed by atoms with Crippen LogP contribution in [0.15, 0.2) is 0 Å². The fraction of sp³-hybridized carbons (Fsp3) is 0.500. The molecule has 0 spiro atoms. The van der Waals surface area contributed by atoms with Crippen LogP contribution in [0.5, 0.6) is 0 Å². The summed E-state index contributed by atoms with van der Waals surface area (Å²) in [7, 11) is 0. The summed E-state index contributed by atoms with van der Waals surface area (Å²) in [5.74, 6) is 1.74. The number of esters is 1. The fourth-order valence-electron chi connectivity index (χ4n) is 0.230. The van der Waals surface area contributed by atoms with Crippen molar-refractivity contribution in [3.05, 3.63) is 0 Å². The highest BCUT2D eigenvalue weighted by atomic mass is 32.1. The van der Waals surface area contributed by atoms with E-state index in [0.29, 0.717) is 0 Å². The largest absolute Gasteiger partial charge is 0.452 e. The van der Waals surface area contributed by atoms with Crippen molar-refractivity contribution in [3.8, 4) is 12.3 Å². The van der Waals surface area contributed by atoms with E-state index in [4.69, 9.17) is 6.42 Å². The Morgan fingerprint density at radius 3 is 2.89 bits per heavy atom. The normalized spacial score (nSPS) is 11.7. The Bertz CT molecular complexity index is 134. The van der Waals surface area contributed by atoms with Gasteiger partial charge in [0.05, 0.1) is 0 Å². The second-order valence-corrected chi connectivity index (χ2v) is 2.16. The van der Waals surface area contributed by atoms with Gasteiger partial charge in [0.1, 0.15) is 5.25 Å². The molecule has 0 aliphatic carbocycles. The molecule has 9 heavy (non-hydrogen) atoms. The first-order valence-electron chi connectivity index (χ1n) is 2.44. The number of carbonyl (C=O) groups excluding carboxylic acids is 1. The van der Waals surface area contributed by atoms with Crippen LogP contribution in [0.4, 0.5) is 0 Å². The number of terminal acetylenes is 1. The van der Waals surface area contributed by atoms with Crippen molar-refractivity contribution in [2.24, 2.45) is 0 Å². The van der Waals surface area contributed by atoms with E-state index in [1.165, 1.54) is 0 Å². The van der Waals surface area contributed by atoms with Crippen molar-refractivity contribution in [3.63, 3.8) is 0 Å². The van der Waals surface area contributed by atoms with Crippen LogP contribution in [-0.2, 0) is 9.53 Å². The second kappa shape index (κ2) is 4.28. The summed E-state index contributed by atoms with van der Waals surface area (Å²) < 4.78 is 4.47. The summed E-state index contributed by atoms with van der Waals surface area (Å²) in [4.78, 5) is 10.5. The van der Waals surface area contributed by atoms with E-state index in [-0.39, 0.29) is 6.61 Å². The highest BCUT2D eigenvalue weighted by Gasteiger charge is 2.07. The van der Waals surface area contributed by atoms with E-state index in [1.54, 1.807) is 6.92 Å². The van der Waals surface area contributed by atoms with Gasteiger partial charge in [0.15, 0.2) is 6.61 Å². The van der Waals surface area contributed by atoms with Crippen LogP contribution in [-0.4, -0.2) is 17.8 Å². The van der Waals surface area contributed by atoms with E-state index in [9.17, 15) is 4.79 Å². The molecular formula is C6H7O2S. The molecule has 0 saturated carbocycles. The van der Waals surface area contributed by atoms with Gasteiger partial charge in [-0.3, -0.25) is 4.79 Å². The average Bonchev–Trinajstić information content (AvgIpc) is 1.82. The molecular weight excluding hydrogens is 136 g/mol. The zero-order chi connectivity index (χ0) is 7.28. The van der Waals surface area contributed by atoms with Crippen LogP contribution in [0, 0.1) is 12.3 Å². The Labute approximate surface area is 60.0 Å². The first-order chi connectivity index (χ1) is 4.18. The molecule has 0 fully saturated rings. The third-order valence-electron chi connectivity index (χ3n) is 0.630. The van der Waals surface area contributed by atoms with Gasteiger partial charge in [-0.05, 0) is 6.92 Å². The van der Waals surface area contributed by atoms with Gasteiger partial charge >= 0.3 is 5.97 Å². The zero-order valence-corrected chi connectivity index (χ0v) is 5.90. The van der Waals surface area contributed by atoms with E-state index >= 15 is 0 Å². The number of rotatable bonds is 2. The monoisotopic (exact) mass is 143 g/mol. The molecule has 49 valence electrons. The molecule has 0 aromatic heterocycles. The van der Waals surface area contributed by atoms with Gasteiger partial charge in [0, 0.05) is 0 Å². The maximum atomic E-state index is 10.5. The van der Waals surface area contributed by atoms with Crippen molar-refractivity contribution in [1.29, 1.82) is 0 Å².